The molecule has 0 radical (unpaired) electrons. The van der Waals surface area contributed by atoms with Gasteiger partial charge in [-0.05, 0) is 19.9 Å². The summed E-state index contributed by atoms with van der Waals surface area (Å²) in [6, 6.07) is 0. The quantitative estimate of drug-likeness (QED) is 0.831. The average Bonchev–Trinajstić information content (AvgIpc) is 2.89. The fraction of sp³-hybridized carbons (Fsp3) is 0.500. The monoisotopic (exact) mass is 310 g/mol. The van der Waals surface area contributed by atoms with E-state index in [1.54, 1.807) is 19.1 Å². The van der Waals surface area contributed by atoms with E-state index in [0.717, 1.165) is 0 Å². The van der Waals surface area contributed by atoms with Gasteiger partial charge in [0.25, 0.3) is 0 Å². The summed E-state index contributed by atoms with van der Waals surface area (Å²) in [7, 11) is 0. The number of rotatable bonds is 5. The summed E-state index contributed by atoms with van der Waals surface area (Å²) < 4.78 is 20.3. The van der Waals surface area contributed by atoms with Crippen LogP contribution >= 0.6 is 0 Å². The maximum Gasteiger partial charge on any atom is 0.358 e. The molecule has 1 aliphatic rings. The number of carboxylic acid groups (broad SMARTS) is 1. The summed E-state index contributed by atoms with van der Waals surface area (Å²) in [4.78, 5) is 13.4. The van der Waals surface area contributed by atoms with Crippen LogP contribution in [0.4, 0.5) is 4.39 Å². The van der Waals surface area contributed by atoms with Crippen molar-refractivity contribution in [1.29, 1.82) is 0 Å². The second-order valence-corrected chi connectivity index (χ2v) is 4.91. The van der Waals surface area contributed by atoms with Crippen molar-refractivity contribution in [3.05, 3.63) is 29.4 Å². The summed E-state index contributed by atoms with van der Waals surface area (Å²) in [6.07, 6.45) is 3.21. The van der Waals surface area contributed by atoms with Gasteiger partial charge in [0.05, 0.1) is 24.6 Å². The van der Waals surface area contributed by atoms with Crippen LogP contribution in [-0.4, -0.2) is 57.3 Å². The van der Waals surface area contributed by atoms with E-state index in [4.69, 9.17) is 4.74 Å². The van der Waals surface area contributed by atoms with Crippen LogP contribution in [0.2, 0.25) is 0 Å². The molecule has 1 aromatic rings. The number of carboxylic acids is 1. The van der Waals surface area contributed by atoms with Crippen LogP contribution in [0.1, 0.15) is 30.0 Å². The Hall–Kier alpha value is -2.06. The molecule has 1 aliphatic heterocycles. The summed E-state index contributed by atoms with van der Waals surface area (Å²) in [5, 5.41) is 16.8. The Labute approximate surface area is 127 Å². The number of ether oxygens (including phenoxy) is 1. The summed E-state index contributed by atoms with van der Waals surface area (Å²) in [6.45, 7) is 5.91. The molecule has 7 nitrogen and oxygen atoms in total. The van der Waals surface area contributed by atoms with Gasteiger partial charge in [-0.1, -0.05) is 11.3 Å². The average molecular weight is 310 g/mol. The van der Waals surface area contributed by atoms with Crippen LogP contribution in [0.5, 0.6) is 0 Å². The van der Waals surface area contributed by atoms with Gasteiger partial charge in [-0.25, -0.2) is 13.9 Å². The van der Waals surface area contributed by atoms with Gasteiger partial charge < -0.3 is 9.84 Å². The Kier molecular flexibility index (Phi) is 5.40. The van der Waals surface area contributed by atoms with Crippen LogP contribution < -0.4 is 0 Å². The van der Waals surface area contributed by atoms with E-state index in [0.29, 0.717) is 38.5 Å². The number of hydrogen-bond acceptors (Lipinski definition) is 5. The van der Waals surface area contributed by atoms with Crippen molar-refractivity contribution in [2.45, 2.75) is 20.4 Å². The highest BCUT2D eigenvalue weighted by molar-refractivity contribution is 5.87. The molecule has 0 amide bonds. The third kappa shape index (κ3) is 3.58. The van der Waals surface area contributed by atoms with Gasteiger partial charge in [0.15, 0.2) is 5.69 Å². The largest absolute Gasteiger partial charge is 0.476 e. The Morgan fingerprint density at radius 1 is 1.45 bits per heavy atom. The van der Waals surface area contributed by atoms with Crippen molar-refractivity contribution in [1.82, 2.24) is 19.9 Å². The first-order valence-electron chi connectivity index (χ1n) is 7.02. The Balaban J connectivity index is 2.41. The second kappa shape index (κ2) is 7.28. The van der Waals surface area contributed by atoms with Crippen LogP contribution in [0.15, 0.2) is 18.0 Å². The minimum absolute atomic E-state index is 0.158. The maximum atomic E-state index is 13.8. The standard InChI is InChI=1S/C14H19FN4O3/c1-3-4-11(10(2)15)19-12(13(14(20)21)16-17-19)9-18-5-7-22-8-6-18/h3-4H,5-9H2,1-2H3,(H,20,21)/b4-3-,11-10-. The lowest BCUT2D eigenvalue weighted by Gasteiger charge is -2.26. The van der Waals surface area contributed by atoms with E-state index in [-0.39, 0.29) is 11.4 Å². The number of aromatic nitrogens is 3. The van der Waals surface area contributed by atoms with E-state index < -0.39 is 11.8 Å². The molecule has 2 rings (SSSR count). The van der Waals surface area contributed by atoms with Gasteiger partial charge in [-0.2, -0.15) is 0 Å². The molecule has 1 aromatic heterocycles. The van der Waals surface area contributed by atoms with Crippen LogP contribution in [0, 0.1) is 0 Å². The van der Waals surface area contributed by atoms with Crippen LogP contribution in [0.25, 0.3) is 5.70 Å². The molecule has 2 heterocycles. The third-order valence-electron chi connectivity index (χ3n) is 3.35. The molecule has 8 heteroatoms. The third-order valence-corrected chi connectivity index (χ3v) is 3.35. The molecule has 0 bridgehead atoms. The fourth-order valence-corrected chi connectivity index (χ4v) is 2.26. The van der Waals surface area contributed by atoms with Crippen molar-refractivity contribution >= 4 is 11.7 Å². The molecule has 0 spiro atoms. The first-order valence-corrected chi connectivity index (χ1v) is 7.02. The Morgan fingerprint density at radius 3 is 2.68 bits per heavy atom. The van der Waals surface area contributed by atoms with Crippen molar-refractivity contribution in [2.75, 3.05) is 26.3 Å². The molecule has 0 atom stereocenters. The van der Waals surface area contributed by atoms with Gasteiger partial charge in [0.1, 0.15) is 5.83 Å². The molecule has 1 fully saturated rings. The van der Waals surface area contributed by atoms with Gasteiger partial charge >= 0.3 is 5.97 Å². The van der Waals surface area contributed by atoms with E-state index in [1.165, 1.54) is 11.6 Å². The molecule has 1 saturated heterocycles. The molecule has 22 heavy (non-hydrogen) atoms. The molecule has 0 saturated carbocycles. The highest BCUT2D eigenvalue weighted by Crippen LogP contribution is 2.19. The van der Waals surface area contributed by atoms with E-state index in [2.05, 4.69) is 10.3 Å². The molecular weight excluding hydrogens is 291 g/mol. The number of nitrogens with zero attached hydrogens (tertiary/aromatic N) is 4. The van der Waals surface area contributed by atoms with Crippen molar-refractivity contribution in [3.8, 4) is 0 Å². The predicted octanol–water partition coefficient (Wildman–Crippen LogP) is 1.54. The number of allylic oxidation sites excluding steroid dienone is 4. The summed E-state index contributed by atoms with van der Waals surface area (Å²) >= 11 is 0. The van der Waals surface area contributed by atoms with Gasteiger partial charge in [-0.15, -0.1) is 5.10 Å². The molecule has 0 unspecified atom stereocenters. The smallest absolute Gasteiger partial charge is 0.358 e. The maximum absolute atomic E-state index is 13.8. The Morgan fingerprint density at radius 2 is 2.14 bits per heavy atom. The zero-order valence-corrected chi connectivity index (χ0v) is 12.6. The topological polar surface area (TPSA) is 80.5 Å². The predicted molar refractivity (Wildman–Crippen MR) is 77.9 cm³/mol. The zero-order valence-electron chi connectivity index (χ0n) is 12.6. The fourth-order valence-electron chi connectivity index (χ4n) is 2.26. The molecule has 120 valence electrons. The summed E-state index contributed by atoms with van der Waals surface area (Å²) in [5.74, 6) is -1.63. The van der Waals surface area contributed by atoms with Crippen molar-refractivity contribution < 1.29 is 19.0 Å². The molecule has 1 N–H and O–H groups in total. The van der Waals surface area contributed by atoms with Gasteiger partial charge in [0, 0.05) is 19.6 Å². The number of carbonyl (C=O) groups is 1. The normalized spacial score (nSPS) is 17.8. The van der Waals surface area contributed by atoms with Crippen molar-refractivity contribution in [2.24, 2.45) is 0 Å². The molecular formula is C14H19FN4O3. The Bertz CT molecular complexity index is 599. The number of morpholine rings is 1. The first-order chi connectivity index (χ1) is 10.5. The minimum Gasteiger partial charge on any atom is -0.476 e. The zero-order chi connectivity index (χ0) is 16.1. The number of hydrogen-bond donors (Lipinski definition) is 1. The van der Waals surface area contributed by atoms with Crippen molar-refractivity contribution in [3.63, 3.8) is 0 Å². The number of aromatic carboxylic acids is 1. The lowest BCUT2D eigenvalue weighted by molar-refractivity contribution is 0.0331. The van der Waals surface area contributed by atoms with Crippen LogP contribution in [0.3, 0.4) is 0 Å². The summed E-state index contributed by atoms with van der Waals surface area (Å²) in [5.41, 5.74) is 0.389. The van der Waals surface area contributed by atoms with E-state index in [1.807, 2.05) is 4.90 Å². The van der Waals surface area contributed by atoms with E-state index >= 15 is 0 Å². The minimum atomic E-state index is -1.18. The van der Waals surface area contributed by atoms with Crippen LogP contribution in [-0.2, 0) is 11.3 Å². The second-order valence-electron chi connectivity index (χ2n) is 4.91. The lowest BCUT2D eigenvalue weighted by Crippen LogP contribution is -2.36. The SMILES string of the molecule is C/C=C\C(=C(/C)F)n1nnc(C(=O)O)c1CN1CCOCC1. The molecule has 0 aromatic carbocycles. The number of halogens is 1. The van der Waals surface area contributed by atoms with E-state index in [9.17, 15) is 14.3 Å². The van der Waals surface area contributed by atoms with Gasteiger partial charge in [0.2, 0.25) is 0 Å². The first kappa shape index (κ1) is 16.3. The highest BCUT2D eigenvalue weighted by atomic mass is 19.1. The van der Waals surface area contributed by atoms with Gasteiger partial charge in [-0.3, -0.25) is 4.90 Å². The highest BCUT2D eigenvalue weighted by Gasteiger charge is 2.24. The lowest BCUT2D eigenvalue weighted by atomic mass is 10.2. The molecule has 0 aliphatic carbocycles.